The molecular formula is C14H20FN3O2. The van der Waals surface area contributed by atoms with E-state index in [2.05, 4.69) is 10.1 Å². The van der Waals surface area contributed by atoms with Gasteiger partial charge < -0.3 is 16.0 Å². The fourth-order valence-corrected chi connectivity index (χ4v) is 2.46. The van der Waals surface area contributed by atoms with Crippen molar-refractivity contribution in [1.29, 1.82) is 0 Å². The lowest BCUT2D eigenvalue weighted by Crippen LogP contribution is -2.34. The van der Waals surface area contributed by atoms with E-state index >= 15 is 0 Å². The summed E-state index contributed by atoms with van der Waals surface area (Å²) in [5.41, 5.74) is 6.39. The van der Waals surface area contributed by atoms with Gasteiger partial charge in [-0.1, -0.05) is 17.3 Å². The number of nitrogens with two attached hydrogens (primary N) is 1. The number of halogens is 1. The lowest BCUT2D eigenvalue weighted by Gasteiger charge is -2.31. The Morgan fingerprint density at radius 3 is 2.65 bits per heavy atom. The number of benzene rings is 1. The molecule has 5 nitrogen and oxygen atoms in total. The molecule has 1 saturated heterocycles. The molecule has 2 rings (SSSR count). The molecule has 0 amide bonds. The van der Waals surface area contributed by atoms with Crippen molar-refractivity contribution >= 4 is 5.84 Å². The van der Waals surface area contributed by atoms with E-state index in [-0.39, 0.29) is 18.3 Å². The van der Waals surface area contributed by atoms with E-state index in [4.69, 9.17) is 16.0 Å². The molecule has 0 radical (unpaired) electrons. The standard InChI is InChI=1S/C14H20FN3O2/c15-13-7-11(14(16)17-20)1-2-12(13)8-18-5-3-10(9-19)4-6-18/h1-2,7,10,19-20H,3-6,8-9H2,(H2,16,17). The van der Waals surface area contributed by atoms with Gasteiger partial charge in [0, 0.05) is 24.3 Å². The van der Waals surface area contributed by atoms with Gasteiger partial charge in [0.05, 0.1) is 0 Å². The van der Waals surface area contributed by atoms with Gasteiger partial charge >= 0.3 is 0 Å². The maximum absolute atomic E-state index is 14.0. The zero-order chi connectivity index (χ0) is 14.5. The Bertz CT molecular complexity index is 485. The van der Waals surface area contributed by atoms with E-state index in [1.165, 1.54) is 6.07 Å². The molecule has 0 atom stereocenters. The van der Waals surface area contributed by atoms with E-state index in [0.717, 1.165) is 25.9 Å². The van der Waals surface area contributed by atoms with Gasteiger partial charge in [0.15, 0.2) is 5.84 Å². The molecule has 1 fully saturated rings. The normalized spacial score (nSPS) is 18.4. The van der Waals surface area contributed by atoms with Crippen LogP contribution in [0.25, 0.3) is 0 Å². The number of hydrogen-bond donors (Lipinski definition) is 3. The summed E-state index contributed by atoms with van der Waals surface area (Å²) in [4.78, 5) is 2.17. The van der Waals surface area contributed by atoms with Crippen LogP contribution < -0.4 is 5.73 Å². The fraction of sp³-hybridized carbons (Fsp3) is 0.500. The van der Waals surface area contributed by atoms with E-state index in [9.17, 15) is 4.39 Å². The fourth-order valence-electron chi connectivity index (χ4n) is 2.46. The van der Waals surface area contributed by atoms with Crippen molar-refractivity contribution in [2.75, 3.05) is 19.7 Å². The van der Waals surface area contributed by atoms with Crippen molar-refractivity contribution in [3.05, 3.63) is 35.1 Å². The molecule has 1 aromatic carbocycles. The summed E-state index contributed by atoms with van der Waals surface area (Å²) in [7, 11) is 0. The quantitative estimate of drug-likeness (QED) is 0.334. The second-order valence-corrected chi connectivity index (χ2v) is 5.19. The zero-order valence-corrected chi connectivity index (χ0v) is 11.3. The third-order valence-corrected chi connectivity index (χ3v) is 3.82. The molecule has 20 heavy (non-hydrogen) atoms. The van der Waals surface area contributed by atoms with Crippen LogP contribution >= 0.6 is 0 Å². The van der Waals surface area contributed by atoms with Crippen LogP contribution in [0.4, 0.5) is 4.39 Å². The van der Waals surface area contributed by atoms with E-state index in [0.29, 0.717) is 23.6 Å². The summed E-state index contributed by atoms with van der Waals surface area (Å²) >= 11 is 0. The predicted molar refractivity (Wildman–Crippen MR) is 74.0 cm³/mol. The van der Waals surface area contributed by atoms with Gasteiger partial charge in [-0.15, -0.1) is 0 Å². The second-order valence-electron chi connectivity index (χ2n) is 5.19. The van der Waals surface area contributed by atoms with Crippen molar-refractivity contribution in [2.45, 2.75) is 19.4 Å². The summed E-state index contributed by atoms with van der Waals surface area (Å²) in [6.07, 6.45) is 1.89. The molecule has 1 aliphatic rings. The molecule has 110 valence electrons. The first-order valence-electron chi connectivity index (χ1n) is 6.73. The number of oxime groups is 1. The van der Waals surface area contributed by atoms with Gasteiger partial charge in [0.2, 0.25) is 0 Å². The first kappa shape index (κ1) is 14.7. The van der Waals surface area contributed by atoms with E-state index in [1.54, 1.807) is 12.1 Å². The van der Waals surface area contributed by atoms with Crippen molar-refractivity contribution in [3.8, 4) is 0 Å². The second kappa shape index (κ2) is 6.67. The predicted octanol–water partition coefficient (Wildman–Crippen LogP) is 1.12. The van der Waals surface area contributed by atoms with Gasteiger partial charge in [0.1, 0.15) is 5.82 Å². The maximum Gasteiger partial charge on any atom is 0.170 e. The van der Waals surface area contributed by atoms with Gasteiger partial charge in [-0.25, -0.2) is 4.39 Å². The Labute approximate surface area is 117 Å². The molecule has 0 aliphatic carbocycles. The minimum atomic E-state index is -0.349. The average molecular weight is 281 g/mol. The van der Waals surface area contributed by atoms with Crippen molar-refractivity contribution < 1.29 is 14.7 Å². The summed E-state index contributed by atoms with van der Waals surface area (Å²) in [5, 5.41) is 20.5. The van der Waals surface area contributed by atoms with Crippen LogP contribution in [0.3, 0.4) is 0 Å². The molecule has 1 aliphatic heterocycles. The third-order valence-electron chi connectivity index (χ3n) is 3.82. The van der Waals surface area contributed by atoms with Crippen LogP contribution in [-0.4, -0.2) is 40.7 Å². The molecule has 1 aromatic rings. The Morgan fingerprint density at radius 2 is 2.10 bits per heavy atom. The van der Waals surface area contributed by atoms with Crippen molar-refractivity contribution in [2.24, 2.45) is 16.8 Å². The number of aliphatic hydroxyl groups is 1. The lowest BCUT2D eigenvalue weighted by atomic mass is 9.97. The van der Waals surface area contributed by atoms with Crippen LogP contribution in [-0.2, 0) is 6.54 Å². The average Bonchev–Trinajstić information content (AvgIpc) is 2.49. The molecule has 6 heteroatoms. The Hall–Kier alpha value is -1.66. The summed E-state index contributed by atoms with van der Waals surface area (Å²) in [6, 6.07) is 4.60. The Balaban J connectivity index is 2.00. The summed E-state index contributed by atoms with van der Waals surface area (Å²) in [5.74, 6) is -0.0726. The smallest absolute Gasteiger partial charge is 0.170 e. The number of likely N-dealkylation sites (tertiary alicyclic amines) is 1. The van der Waals surface area contributed by atoms with Crippen LogP contribution in [0.15, 0.2) is 23.4 Å². The molecule has 4 N–H and O–H groups in total. The van der Waals surface area contributed by atoms with Crippen LogP contribution in [0.2, 0.25) is 0 Å². The SMILES string of the molecule is N/C(=N\O)c1ccc(CN2CCC(CO)CC2)c(F)c1. The molecular weight excluding hydrogens is 261 g/mol. The summed E-state index contributed by atoms with van der Waals surface area (Å²) in [6.45, 7) is 2.51. The number of rotatable bonds is 4. The lowest BCUT2D eigenvalue weighted by molar-refractivity contribution is 0.126. The molecule has 1 heterocycles. The number of hydrogen-bond acceptors (Lipinski definition) is 4. The van der Waals surface area contributed by atoms with Crippen molar-refractivity contribution in [3.63, 3.8) is 0 Å². The summed E-state index contributed by atoms with van der Waals surface area (Å²) < 4.78 is 14.0. The minimum Gasteiger partial charge on any atom is -0.409 e. The Kier molecular flexibility index (Phi) is 4.92. The largest absolute Gasteiger partial charge is 0.409 e. The van der Waals surface area contributed by atoms with Crippen LogP contribution in [0.1, 0.15) is 24.0 Å². The van der Waals surface area contributed by atoms with Gasteiger partial charge in [-0.05, 0) is 37.9 Å². The molecule has 0 bridgehead atoms. The van der Waals surface area contributed by atoms with E-state index in [1.807, 2.05) is 0 Å². The van der Waals surface area contributed by atoms with Crippen LogP contribution in [0, 0.1) is 11.7 Å². The number of nitrogens with zero attached hydrogens (tertiary/aromatic N) is 2. The highest BCUT2D eigenvalue weighted by atomic mass is 19.1. The van der Waals surface area contributed by atoms with Crippen LogP contribution in [0.5, 0.6) is 0 Å². The minimum absolute atomic E-state index is 0.0980. The van der Waals surface area contributed by atoms with Crippen molar-refractivity contribution in [1.82, 2.24) is 4.90 Å². The van der Waals surface area contributed by atoms with Gasteiger partial charge in [-0.2, -0.15) is 0 Å². The Morgan fingerprint density at radius 1 is 1.40 bits per heavy atom. The molecule has 0 aromatic heterocycles. The number of aliphatic hydroxyl groups excluding tert-OH is 1. The zero-order valence-electron chi connectivity index (χ0n) is 11.3. The first-order valence-corrected chi connectivity index (χ1v) is 6.73. The first-order chi connectivity index (χ1) is 9.63. The number of piperidine rings is 1. The number of amidine groups is 1. The maximum atomic E-state index is 14.0. The van der Waals surface area contributed by atoms with Gasteiger partial charge in [0.25, 0.3) is 0 Å². The third kappa shape index (κ3) is 3.46. The highest BCUT2D eigenvalue weighted by Crippen LogP contribution is 2.20. The van der Waals surface area contributed by atoms with Gasteiger partial charge in [-0.3, -0.25) is 4.90 Å². The molecule has 0 saturated carbocycles. The monoisotopic (exact) mass is 281 g/mol. The van der Waals surface area contributed by atoms with E-state index < -0.39 is 0 Å². The molecule has 0 unspecified atom stereocenters. The molecule has 0 spiro atoms. The highest BCUT2D eigenvalue weighted by molar-refractivity contribution is 5.97. The highest BCUT2D eigenvalue weighted by Gasteiger charge is 2.19. The topological polar surface area (TPSA) is 82.1 Å².